The van der Waals surface area contributed by atoms with Gasteiger partial charge in [-0.2, -0.15) is 18.3 Å². The SMILES string of the molecule is Cn1nc(C(C)(C)C)cc1C(=O)Oc1ccc(C(F)(F)F)cc1. The number of ether oxygens (including phenoxy) is 1. The van der Waals surface area contributed by atoms with E-state index in [2.05, 4.69) is 5.10 Å². The number of benzene rings is 1. The molecule has 0 saturated heterocycles. The van der Waals surface area contributed by atoms with Crippen molar-refractivity contribution < 1.29 is 22.7 Å². The molecule has 0 saturated carbocycles. The van der Waals surface area contributed by atoms with E-state index in [1.807, 2.05) is 20.8 Å². The molecule has 0 bridgehead atoms. The molecular formula is C16H17F3N2O2. The average molecular weight is 326 g/mol. The number of rotatable bonds is 2. The number of alkyl halides is 3. The predicted octanol–water partition coefficient (Wildman–Crippen LogP) is 3.96. The van der Waals surface area contributed by atoms with Gasteiger partial charge in [0.1, 0.15) is 11.4 Å². The molecule has 4 nitrogen and oxygen atoms in total. The molecule has 2 rings (SSSR count). The lowest BCUT2D eigenvalue weighted by Gasteiger charge is -2.13. The number of carbonyl (C=O) groups excluding carboxylic acids is 1. The molecule has 1 aromatic heterocycles. The summed E-state index contributed by atoms with van der Waals surface area (Å²) in [5.74, 6) is -0.628. The highest BCUT2D eigenvalue weighted by Gasteiger charge is 2.30. The molecule has 0 N–H and O–H groups in total. The largest absolute Gasteiger partial charge is 0.422 e. The minimum absolute atomic E-state index is 0.0431. The van der Waals surface area contributed by atoms with E-state index in [0.29, 0.717) is 0 Å². The van der Waals surface area contributed by atoms with Crippen LogP contribution in [0.25, 0.3) is 0 Å². The van der Waals surface area contributed by atoms with E-state index in [4.69, 9.17) is 4.74 Å². The lowest BCUT2D eigenvalue weighted by Crippen LogP contribution is -2.13. The second-order valence-electron chi connectivity index (χ2n) is 6.20. The summed E-state index contributed by atoms with van der Waals surface area (Å²) in [5, 5.41) is 4.26. The van der Waals surface area contributed by atoms with Crippen LogP contribution in [-0.2, 0) is 18.6 Å². The third-order valence-corrected chi connectivity index (χ3v) is 3.25. The van der Waals surface area contributed by atoms with Gasteiger partial charge in [-0.3, -0.25) is 4.68 Å². The zero-order chi connectivity index (χ0) is 17.4. The van der Waals surface area contributed by atoms with Crippen LogP contribution in [0.4, 0.5) is 13.2 Å². The Hall–Kier alpha value is -2.31. The third kappa shape index (κ3) is 3.91. The summed E-state index contributed by atoms with van der Waals surface area (Å²) >= 11 is 0. The topological polar surface area (TPSA) is 44.1 Å². The molecule has 0 atom stereocenters. The Morgan fingerprint density at radius 1 is 1.13 bits per heavy atom. The van der Waals surface area contributed by atoms with Crippen LogP contribution in [0.2, 0.25) is 0 Å². The summed E-state index contributed by atoms with van der Waals surface area (Å²) in [6, 6.07) is 5.58. The van der Waals surface area contributed by atoms with Crippen LogP contribution in [0.3, 0.4) is 0 Å². The number of hydrogen-bond acceptors (Lipinski definition) is 3. The molecule has 23 heavy (non-hydrogen) atoms. The zero-order valence-corrected chi connectivity index (χ0v) is 13.2. The molecule has 0 aliphatic rings. The number of esters is 1. The van der Waals surface area contributed by atoms with Gasteiger partial charge in [0.25, 0.3) is 0 Å². The second kappa shape index (κ2) is 5.72. The van der Waals surface area contributed by atoms with Gasteiger partial charge in [0.2, 0.25) is 0 Å². The molecule has 0 unspecified atom stereocenters. The molecule has 1 heterocycles. The van der Waals surface area contributed by atoms with Gasteiger partial charge in [-0.05, 0) is 30.3 Å². The van der Waals surface area contributed by atoms with E-state index < -0.39 is 17.7 Å². The van der Waals surface area contributed by atoms with Crippen molar-refractivity contribution in [2.75, 3.05) is 0 Å². The first-order valence-corrected chi connectivity index (χ1v) is 6.92. The van der Waals surface area contributed by atoms with E-state index in [0.717, 1.165) is 30.0 Å². The van der Waals surface area contributed by atoms with Crippen molar-refractivity contribution in [1.82, 2.24) is 9.78 Å². The summed E-state index contributed by atoms with van der Waals surface area (Å²) in [7, 11) is 1.61. The Bertz CT molecular complexity index is 710. The van der Waals surface area contributed by atoms with E-state index in [1.165, 1.54) is 4.68 Å². The van der Waals surface area contributed by atoms with Gasteiger partial charge < -0.3 is 4.74 Å². The fourth-order valence-corrected chi connectivity index (χ4v) is 1.90. The van der Waals surface area contributed by atoms with Crippen molar-refractivity contribution in [2.45, 2.75) is 32.4 Å². The van der Waals surface area contributed by atoms with Crippen molar-refractivity contribution in [3.63, 3.8) is 0 Å². The maximum atomic E-state index is 12.5. The number of nitrogens with zero attached hydrogens (tertiary/aromatic N) is 2. The van der Waals surface area contributed by atoms with Crippen LogP contribution >= 0.6 is 0 Å². The van der Waals surface area contributed by atoms with E-state index in [1.54, 1.807) is 13.1 Å². The molecule has 0 aliphatic heterocycles. The van der Waals surface area contributed by atoms with Crippen LogP contribution in [-0.4, -0.2) is 15.7 Å². The van der Waals surface area contributed by atoms with Crippen molar-refractivity contribution >= 4 is 5.97 Å². The molecular weight excluding hydrogens is 309 g/mol. The normalized spacial score (nSPS) is 12.3. The van der Waals surface area contributed by atoms with Crippen LogP contribution in [0, 0.1) is 0 Å². The van der Waals surface area contributed by atoms with Crippen LogP contribution in [0.1, 0.15) is 42.5 Å². The molecule has 0 aliphatic carbocycles. The minimum Gasteiger partial charge on any atom is -0.422 e. The molecule has 1 aromatic carbocycles. The quantitative estimate of drug-likeness (QED) is 0.620. The highest BCUT2D eigenvalue weighted by Crippen LogP contribution is 2.30. The number of aromatic nitrogens is 2. The van der Waals surface area contributed by atoms with Crippen molar-refractivity contribution in [3.05, 3.63) is 47.3 Å². The number of hydrogen-bond donors (Lipinski definition) is 0. The Balaban J connectivity index is 2.18. The number of carbonyl (C=O) groups is 1. The van der Waals surface area contributed by atoms with Gasteiger partial charge in [0.05, 0.1) is 11.3 Å². The van der Waals surface area contributed by atoms with Crippen LogP contribution in [0.5, 0.6) is 5.75 Å². The lowest BCUT2D eigenvalue weighted by molar-refractivity contribution is -0.137. The lowest BCUT2D eigenvalue weighted by atomic mass is 9.92. The van der Waals surface area contributed by atoms with Gasteiger partial charge in [-0.1, -0.05) is 20.8 Å². The monoisotopic (exact) mass is 326 g/mol. The Labute approximate surface area is 131 Å². The standard InChI is InChI=1S/C16H17F3N2O2/c1-15(2,3)13-9-12(21(4)20-13)14(22)23-11-7-5-10(6-8-11)16(17,18)19/h5-9H,1-4H3. The number of aryl methyl sites for hydroxylation is 1. The molecule has 7 heteroatoms. The van der Waals surface area contributed by atoms with Gasteiger partial charge in [-0.25, -0.2) is 4.79 Å². The summed E-state index contributed by atoms with van der Waals surface area (Å²) in [4.78, 5) is 12.2. The van der Waals surface area contributed by atoms with Crippen molar-refractivity contribution in [2.24, 2.45) is 7.05 Å². The van der Waals surface area contributed by atoms with Gasteiger partial charge >= 0.3 is 12.1 Å². The summed E-state index contributed by atoms with van der Waals surface area (Å²) in [6.07, 6.45) is -4.42. The maximum absolute atomic E-state index is 12.5. The minimum atomic E-state index is -4.42. The molecule has 0 spiro atoms. The molecule has 2 aromatic rings. The summed E-state index contributed by atoms with van der Waals surface area (Å²) < 4.78 is 44.0. The first-order valence-electron chi connectivity index (χ1n) is 6.92. The van der Waals surface area contributed by atoms with E-state index in [9.17, 15) is 18.0 Å². The predicted molar refractivity (Wildman–Crippen MR) is 78.3 cm³/mol. The first kappa shape index (κ1) is 17.1. The smallest absolute Gasteiger partial charge is 0.416 e. The Kier molecular flexibility index (Phi) is 4.24. The van der Waals surface area contributed by atoms with E-state index >= 15 is 0 Å². The zero-order valence-electron chi connectivity index (χ0n) is 13.2. The van der Waals surface area contributed by atoms with E-state index in [-0.39, 0.29) is 16.9 Å². The highest BCUT2D eigenvalue weighted by atomic mass is 19.4. The molecule has 124 valence electrons. The summed E-state index contributed by atoms with van der Waals surface area (Å²) in [5.41, 5.74) is -0.0768. The molecule has 0 amide bonds. The number of halogens is 3. The second-order valence-corrected chi connectivity index (χ2v) is 6.20. The fraction of sp³-hybridized carbons (Fsp3) is 0.375. The Morgan fingerprint density at radius 3 is 2.13 bits per heavy atom. The summed E-state index contributed by atoms with van der Waals surface area (Å²) in [6.45, 7) is 5.88. The van der Waals surface area contributed by atoms with Gasteiger partial charge in [0.15, 0.2) is 0 Å². The highest BCUT2D eigenvalue weighted by molar-refractivity contribution is 5.89. The maximum Gasteiger partial charge on any atom is 0.416 e. The molecule has 0 radical (unpaired) electrons. The van der Waals surface area contributed by atoms with Crippen molar-refractivity contribution in [1.29, 1.82) is 0 Å². The fourth-order valence-electron chi connectivity index (χ4n) is 1.90. The van der Waals surface area contributed by atoms with Crippen LogP contribution in [0.15, 0.2) is 30.3 Å². The average Bonchev–Trinajstić information content (AvgIpc) is 2.80. The first-order chi connectivity index (χ1) is 10.5. The van der Waals surface area contributed by atoms with Crippen LogP contribution < -0.4 is 4.74 Å². The third-order valence-electron chi connectivity index (χ3n) is 3.25. The van der Waals surface area contributed by atoms with Gasteiger partial charge in [0, 0.05) is 12.5 Å². The molecule has 0 fully saturated rings. The van der Waals surface area contributed by atoms with Crippen molar-refractivity contribution in [3.8, 4) is 5.75 Å². The Morgan fingerprint density at radius 2 is 1.70 bits per heavy atom. The van der Waals surface area contributed by atoms with Gasteiger partial charge in [-0.15, -0.1) is 0 Å².